The summed E-state index contributed by atoms with van der Waals surface area (Å²) in [7, 11) is 4.03. The molecule has 0 amide bonds. The second-order valence-corrected chi connectivity index (χ2v) is 5.35. The van der Waals surface area contributed by atoms with Crippen molar-refractivity contribution in [2.75, 3.05) is 20.6 Å². The molecule has 3 N–H and O–H groups in total. The monoisotopic (exact) mass is 264 g/mol. The molecule has 0 spiro atoms. The van der Waals surface area contributed by atoms with Gasteiger partial charge in [0, 0.05) is 6.04 Å². The van der Waals surface area contributed by atoms with Crippen molar-refractivity contribution in [2.45, 2.75) is 37.8 Å². The molecule has 0 aromatic carbocycles. The summed E-state index contributed by atoms with van der Waals surface area (Å²) < 4.78 is 5.45. The molecule has 5 nitrogen and oxygen atoms in total. The Kier molecular flexibility index (Phi) is 4.85. The van der Waals surface area contributed by atoms with Gasteiger partial charge < -0.3 is 15.5 Å². The van der Waals surface area contributed by atoms with Crippen LogP contribution in [-0.2, 0) is 0 Å². The van der Waals surface area contributed by atoms with Crippen LogP contribution in [0, 0.1) is 0 Å². The van der Waals surface area contributed by atoms with Gasteiger partial charge in [-0.1, -0.05) is 12.8 Å². The van der Waals surface area contributed by atoms with E-state index in [9.17, 15) is 0 Å². The number of likely N-dealkylation sites (N-methyl/N-ethyl adjacent to an activating group) is 1. The molecule has 0 bridgehead atoms. The molecule has 2 rings (SSSR count). The number of nitrogens with zero attached hydrogens (tertiary/aromatic N) is 2. The first kappa shape index (κ1) is 13.9. The zero-order valence-electron chi connectivity index (χ0n) is 11.8. The lowest BCUT2D eigenvalue weighted by atomic mass is 10.2. The van der Waals surface area contributed by atoms with E-state index in [1.54, 1.807) is 6.26 Å². The van der Waals surface area contributed by atoms with Gasteiger partial charge in [-0.15, -0.1) is 0 Å². The summed E-state index contributed by atoms with van der Waals surface area (Å²) >= 11 is 0. The summed E-state index contributed by atoms with van der Waals surface area (Å²) in [6.07, 6.45) is 6.67. The van der Waals surface area contributed by atoms with Crippen LogP contribution < -0.4 is 11.1 Å². The number of furan rings is 1. The Morgan fingerprint density at radius 3 is 2.84 bits per heavy atom. The second kappa shape index (κ2) is 6.61. The van der Waals surface area contributed by atoms with Gasteiger partial charge in [-0.05, 0) is 39.1 Å². The first-order valence-electron chi connectivity index (χ1n) is 6.93. The zero-order valence-corrected chi connectivity index (χ0v) is 11.8. The van der Waals surface area contributed by atoms with Gasteiger partial charge in [0.05, 0.1) is 18.8 Å². The molecule has 19 heavy (non-hydrogen) atoms. The first-order chi connectivity index (χ1) is 9.16. The molecule has 0 radical (unpaired) electrons. The van der Waals surface area contributed by atoms with Crippen molar-refractivity contribution in [2.24, 2.45) is 10.7 Å². The van der Waals surface area contributed by atoms with Crippen LogP contribution in [0.1, 0.15) is 37.5 Å². The van der Waals surface area contributed by atoms with Crippen LogP contribution in [0.25, 0.3) is 0 Å². The maximum Gasteiger partial charge on any atom is 0.188 e. The fraction of sp³-hybridized carbons (Fsp3) is 0.643. The van der Waals surface area contributed by atoms with Gasteiger partial charge in [0.15, 0.2) is 5.96 Å². The van der Waals surface area contributed by atoms with E-state index < -0.39 is 0 Å². The minimum Gasteiger partial charge on any atom is -0.468 e. The third-order valence-electron chi connectivity index (χ3n) is 3.64. The fourth-order valence-electron chi connectivity index (χ4n) is 2.50. The number of guanidine groups is 1. The highest BCUT2D eigenvalue weighted by Crippen LogP contribution is 2.19. The van der Waals surface area contributed by atoms with Gasteiger partial charge in [0.25, 0.3) is 0 Å². The van der Waals surface area contributed by atoms with E-state index in [1.165, 1.54) is 25.7 Å². The molecule has 106 valence electrons. The molecule has 5 heteroatoms. The minimum absolute atomic E-state index is 0.124. The third kappa shape index (κ3) is 3.99. The Balaban J connectivity index is 1.90. The average Bonchev–Trinajstić information content (AvgIpc) is 3.01. The predicted octanol–water partition coefficient (Wildman–Crippen LogP) is 1.73. The lowest BCUT2D eigenvalue weighted by Crippen LogP contribution is -2.39. The Bertz CT molecular complexity index is 394. The zero-order chi connectivity index (χ0) is 13.7. The smallest absolute Gasteiger partial charge is 0.188 e. The number of nitrogens with two attached hydrogens (primary N) is 1. The molecule has 1 aromatic rings. The van der Waals surface area contributed by atoms with Gasteiger partial charge in [-0.3, -0.25) is 9.89 Å². The molecule has 0 saturated heterocycles. The number of rotatable bonds is 5. The van der Waals surface area contributed by atoms with Crippen molar-refractivity contribution >= 4 is 5.96 Å². The topological polar surface area (TPSA) is 66.8 Å². The summed E-state index contributed by atoms with van der Waals surface area (Å²) in [4.78, 5) is 6.54. The molecule has 1 saturated carbocycles. The van der Waals surface area contributed by atoms with Crippen LogP contribution in [0.4, 0.5) is 0 Å². The summed E-state index contributed by atoms with van der Waals surface area (Å²) in [5.41, 5.74) is 5.95. The maximum absolute atomic E-state index is 5.95. The molecule has 1 atom stereocenters. The average molecular weight is 264 g/mol. The Morgan fingerprint density at radius 1 is 1.53 bits per heavy atom. The van der Waals surface area contributed by atoms with E-state index in [0.717, 1.165) is 5.76 Å². The van der Waals surface area contributed by atoms with Gasteiger partial charge in [-0.25, -0.2) is 0 Å². The Morgan fingerprint density at radius 2 is 2.26 bits per heavy atom. The SMILES string of the molecule is CN(C)C(CN=C(N)NC1CCCC1)c1ccco1. The van der Waals surface area contributed by atoms with E-state index in [2.05, 4.69) is 15.2 Å². The van der Waals surface area contributed by atoms with E-state index in [0.29, 0.717) is 18.5 Å². The highest BCUT2D eigenvalue weighted by molar-refractivity contribution is 5.78. The van der Waals surface area contributed by atoms with E-state index >= 15 is 0 Å². The number of aliphatic imine (C=N–C) groups is 1. The lowest BCUT2D eigenvalue weighted by Gasteiger charge is -2.21. The molecule has 1 aromatic heterocycles. The number of nitrogens with one attached hydrogen (secondary N) is 1. The molecule has 1 fully saturated rings. The molecular formula is C14H24N4O. The standard InChI is InChI=1S/C14H24N4O/c1-18(2)12(13-8-5-9-19-13)10-16-14(15)17-11-6-3-4-7-11/h5,8-9,11-12H,3-4,6-7,10H2,1-2H3,(H3,15,16,17). The van der Waals surface area contributed by atoms with Crippen LogP contribution in [0.15, 0.2) is 27.8 Å². The van der Waals surface area contributed by atoms with Crippen LogP contribution in [0.3, 0.4) is 0 Å². The van der Waals surface area contributed by atoms with Crippen molar-refractivity contribution in [3.8, 4) is 0 Å². The largest absolute Gasteiger partial charge is 0.468 e. The van der Waals surface area contributed by atoms with Crippen molar-refractivity contribution in [3.63, 3.8) is 0 Å². The molecule has 1 aliphatic carbocycles. The maximum atomic E-state index is 5.95. The van der Waals surface area contributed by atoms with Gasteiger partial charge in [0.1, 0.15) is 5.76 Å². The quantitative estimate of drug-likeness (QED) is 0.628. The van der Waals surface area contributed by atoms with Crippen LogP contribution in [-0.4, -0.2) is 37.5 Å². The normalized spacial score (nSPS) is 19.0. The number of hydrogen-bond donors (Lipinski definition) is 2. The Labute approximate surface area is 114 Å². The number of hydrogen-bond acceptors (Lipinski definition) is 3. The van der Waals surface area contributed by atoms with E-state index in [1.807, 2.05) is 26.2 Å². The van der Waals surface area contributed by atoms with E-state index in [-0.39, 0.29) is 6.04 Å². The van der Waals surface area contributed by atoms with Crippen molar-refractivity contribution in [3.05, 3.63) is 24.2 Å². The molecule has 0 aliphatic heterocycles. The summed E-state index contributed by atoms with van der Waals surface area (Å²) in [5, 5.41) is 3.30. The Hall–Kier alpha value is -1.49. The van der Waals surface area contributed by atoms with Crippen molar-refractivity contribution in [1.29, 1.82) is 0 Å². The highest BCUT2D eigenvalue weighted by Gasteiger charge is 2.18. The minimum atomic E-state index is 0.124. The summed E-state index contributed by atoms with van der Waals surface area (Å²) in [5.74, 6) is 1.47. The van der Waals surface area contributed by atoms with Crippen LogP contribution in [0.2, 0.25) is 0 Å². The van der Waals surface area contributed by atoms with E-state index in [4.69, 9.17) is 10.2 Å². The first-order valence-corrected chi connectivity index (χ1v) is 6.93. The van der Waals surface area contributed by atoms with Crippen molar-refractivity contribution in [1.82, 2.24) is 10.2 Å². The fourth-order valence-corrected chi connectivity index (χ4v) is 2.50. The highest BCUT2D eigenvalue weighted by atomic mass is 16.3. The van der Waals surface area contributed by atoms with Gasteiger partial charge >= 0.3 is 0 Å². The summed E-state index contributed by atoms with van der Waals surface area (Å²) in [6.45, 7) is 0.603. The van der Waals surface area contributed by atoms with Gasteiger partial charge in [-0.2, -0.15) is 0 Å². The molecule has 1 heterocycles. The molecule has 1 aliphatic rings. The molecular weight excluding hydrogens is 240 g/mol. The van der Waals surface area contributed by atoms with Crippen molar-refractivity contribution < 1.29 is 4.42 Å². The van der Waals surface area contributed by atoms with Gasteiger partial charge in [0.2, 0.25) is 0 Å². The molecule has 1 unspecified atom stereocenters. The van der Waals surface area contributed by atoms with Crippen LogP contribution in [0.5, 0.6) is 0 Å². The third-order valence-corrected chi connectivity index (χ3v) is 3.64. The predicted molar refractivity (Wildman–Crippen MR) is 77.0 cm³/mol. The summed E-state index contributed by atoms with van der Waals surface area (Å²) in [6, 6.07) is 4.50. The second-order valence-electron chi connectivity index (χ2n) is 5.35. The lowest BCUT2D eigenvalue weighted by molar-refractivity contribution is 0.265. The van der Waals surface area contributed by atoms with Crippen LogP contribution >= 0.6 is 0 Å².